The first-order valence-corrected chi connectivity index (χ1v) is 7.19. The Labute approximate surface area is 114 Å². The van der Waals surface area contributed by atoms with Gasteiger partial charge in [0.25, 0.3) is 0 Å². The van der Waals surface area contributed by atoms with Gasteiger partial charge in [-0.1, -0.05) is 13.8 Å². The van der Waals surface area contributed by atoms with E-state index in [0.29, 0.717) is 17.4 Å². The Kier molecular flexibility index (Phi) is 4.56. The van der Waals surface area contributed by atoms with Crippen LogP contribution >= 0.6 is 0 Å². The summed E-state index contributed by atoms with van der Waals surface area (Å²) in [5.41, 5.74) is 6.78. The summed E-state index contributed by atoms with van der Waals surface area (Å²) in [6, 6.07) is 3.37. The van der Waals surface area contributed by atoms with Gasteiger partial charge < -0.3 is 5.73 Å². The highest BCUT2D eigenvalue weighted by Gasteiger charge is 2.28. The van der Waals surface area contributed by atoms with Crippen LogP contribution in [-0.4, -0.2) is 0 Å². The first-order valence-electron chi connectivity index (χ1n) is 7.19. The summed E-state index contributed by atoms with van der Waals surface area (Å²) in [5, 5.41) is 0. The molecule has 0 aromatic heterocycles. The van der Waals surface area contributed by atoms with Gasteiger partial charge in [0.15, 0.2) is 0 Å². The average Bonchev–Trinajstić information content (AvgIpc) is 2.37. The Morgan fingerprint density at radius 3 is 1.89 bits per heavy atom. The summed E-state index contributed by atoms with van der Waals surface area (Å²) in [6.45, 7) is 4.51. The van der Waals surface area contributed by atoms with E-state index in [1.165, 1.54) is 25.0 Å². The van der Waals surface area contributed by atoms with Gasteiger partial charge in [-0.25, -0.2) is 8.78 Å². The predicted molar refractivity (Wildman–Crippen MR) is 73.6 cm³/mol. The molecule has 106 valence electrons. The molecule has 1 aromatic carbocycles. The van der Waals surface area contributed by atoms with Gasteiger partial charge in [-0.15, -0.1) is 0 Å². The van der Waals surface area contributed by atoms with Gasteiger partial charge in [-0.2, -0.15) is 0 Å². The minimum atomic E-state index is -0.540. The van der Waals surface area contributed by atoms with Gasteiger partial charge in [0.1, 0.15) is 11.6 Å². The lowest BCUT2D eigenvalue weighted by atomic mass is 9.73. The second kappa shape index (κ2) is 6.00. The Morgan fingerprint density at radius 1 is 0.947 bits per heavy atom. The first-order chi connectivity index (χ1) is 8.97. The second-order valence-electron chi connectivity index (χ2n) is 6.15. The SMILES string of the molecule is CC(C)C1CCC(C(N)c2cc(F)cc(F)c2)CC1. The summed E-state index contributed by atoms with van der Waals surface area (Å²) in [5.74, 6) is 0.746. The number of hydrogen-bond donors (Lipinski definition) is 1. The molecule has 1 saturated carbocycles. The maximum absolute atomic E-state index is 13.2. The molecular formula is C16H23F2N. The third-order valence-electron chi connectivity index (χ3n) is 4.54. The summed E-state index contributed by atoms with van der Waals surface area (Å²) < 4.78 is 26.5. The Bertz CT molecular complexity index is 403. The fourth-order valence-electron chi connectivity index (χ4n) is 3.21. The van der Waals surface area contributed by atoms with Crippen molar-refractivity contribution in [1.82, 2.24) is 0 Å². The monoisotopic (exact) mass is 267 g/mol. The molecule has 1 unspecified atom stereocenters. The molecule has 2 N–H and O–H groups in total. The maximum atomic E-state index is 13.2. The molecular weight excluding hydrogens is 244 g/mol. The fourth-order valence-corrected chi connectivity index (χ4v) is 3.21. The van der Waals surface area contributed by atoms with Gasteiger partial charge in [0.2, 0.25) is 0 Å². The zero-order valence-corrected chi connectivity index (χ0v) is 11.7. The predicted octanol–water partition coefficient (Wildman–Crippen LogP) is 4.43. The molecule has 0 bridgehead atoms. The van der Waals surface area contributed by atoms with Crippen molar-refractivity contribution in [2.75, 3.05) is 0 Å². The third-order valence-corrected chi connectivity index (χ3v) is 4.54. The van der Waals surface area contributed by atoms with Crippen LogP contribution in [0.1, 0.15) is 51.1 Å². The van der Waals surface area contributed by atoms with Crippen LogP contribution < -0.4 is 5.73 Å². The van der Waals surface area contributed by atoms with E-state index in [4.69, 9.17) is 5.73 Å². The summed E-state index contributed by atoms with van der Waals surface area (Å²) in [7, 11) is 0. The van der Waals surface area contributed by atoms with Crippen molar-refractivity contribution >= 4 is 0 Å². The van der Waals surface area contributed by atoms with Crippen molar-refractivity contribution in [1.29, 1.82) is 0 Å². The summed E-state index contributed by atoms with van der Waals surface area (Å²) >= 11 is 0. The number of hydrogen-bond acceptors (Lipinski definition) is 1. The van der Waals surface area contributed by atoms with Crippen LogP contribution in [0.25, 0.3) is 0 Å². The summed E-state index contributed by atoms with van der Waals surface area (Å²) in [4.78, 5) is 0. The third kappa shape index (κ3) is 3.53. The molecule has 1 aromatic rings. The van der Waals surface area contributed by atoms with Crippen molar-refractivity contribution in [3.63, 3.8) is 0 Å². The fraction of sp³-hybridized carbons (Fsp3) is 0.625. The molecule has 2 rings (SSSR count). The quantitative estimate of drug-likeness (QED) is 0.861. The van der Waals surface area contributed by atoms with E-state index in [0.717, 1.165) is 24.8 Å². The van der Waals surface area contributed by atoms with Crippen LogP contribution in [0.3, 0.4) is 0 Å². The van der Waals surface area contributed by atoms with Gasteiger partial charge in [-0.3, -0.25) is 0 Å². The number of halogens is 2. The number of nitrogens with two attached hydrogens (primary N) is 1. The maximum Gasteiger partial charge on any atom is 0.126 e. The highest BCUT2D eigenvalue weighted by molar-refractivity contribution is 5.22. The minimum Gasteiger partial charge on any atom is -0.324 e. The molecule has 0 heterocycles. The molecule has 0 radical (unpaired) electrons. The molecule has 1 fully saturated rings. The normalized spacial score (nSPS) is 25.6. The molecule has 1 aliphatic rings. The van der Waals surface area contributed by atoms with Gasteiger partial charge in [-0.05, 0) is 61.1 Å². The van der Waals surface area contributed by atoms with Gasteiger partial charge in [0, 0.05) is 12.1 Å². The standard InChI is InChI=1S/C16H23F2N/c1-10(2)11-3-5-12(6-4-11)16(19)13-7-14(17)9-15(18)8-13/h7-12,16H,3-6,19H2,1-2H3. The molecule has 3 heteroatoms. The van der Waals surface area contributed by atoms with Crippen molar-refractivity contribution in [2.45, 2.75) is 45.6 Å². The second-order valence-corrected chi connectivity index (χ2v) is 6.15. The molecule has 1 nitrogen and oxygen atoms in total. The van der Waals surface area contributed by atoms with E-state index in [9.17, 15) is 8.78 Å². The van der Waals surface area contributed by atoms with Crippen LogP contribution in [0.4, 0.5) is 8.78 Å². The molecule has 0 aliphatic heterocycles. The lowest BCUT2D eigenvalue weighted by Gasteiger charge is -2.34. The van der Waals surface area contributed by atoms with Crippen molar-refractivity contribution < 1.29 is 8.78 Å². The Balaban J connectivity index is 2.02. The van der Waals surface area contributed by atoms with E-state index in [1.807, 2.05) is 0 Å². The minimum absolute atomic E-state index is 0.252. The Morgan fingerprint density at radius 2 is 1.42 bits per heavy atom. The highest BCUT2D eigenvalue weighted by atomic mass is 19.1. The first kappa shape index (κ1) is 14.4. The zero-order chi connectivity index (χ0) is 14.0. The largest absolute Gasteiger partial charge is 0.324 e. The van der Waals surface area contributed by atoms with Crippen molar-refractivity contribution in [3.8, 4) is 0 Å². The summed E-state index contributed by atoms with van der Waals surface area (Å²) in [6.07, 6.45) is 4.46. The van der Waals surface area contributed by atoms with Crippen LogP contribution in [0, 0.1) is 29.4 Å². The van der Waals surface area contributed by atoms with Crippen LogP contribution in [0.2, 0.25) is 0 Å². The van der Waals surface area contributed by atoms with Crippen molar-refractivity contribution in [3.05, 3.63) is 35.4 Å². The van der Waals surface area contributed by atoms with Crippen LogP contribution in [0.15, 0.2) is 18.2 Å². The highest BCUT2D eigenvalue weighted by Crippen LogP contribution is 2.38. The molecule has 0 amide bonds. The lowest BCUT2D eigenvalue weighted by Crippen LogP contribution is -2.27. The number of rotatable bonds is 3. The van der Waals surface area contributed by atoms with Crippen molar-refractivity contribution in [2.24, 2.45) is 23.5 Å². The zero-order valence-electron chi connectivity index (χ0n) is 11.7. The van der Waals surface area contributed by atoms with E-state index in [-0.39, 0.29) is 6.04 Å². The van der Waals surface area contributed by atoms with Gasteiger partial charge >= 0.3 is 0 Å². The molecule has 19 heavy (non-hydrogen) atoms. The van der Waals surface area contributed by atoms with E-state index >= 15 is 0 Å². The van der Waals surface area contributed by atoms with Gasteiger partial charge in [0.05, 0.1) is 0 Å². The molecule has 1 atom stereocenters. The van der Waals surface area contributed by atoms with E-state index < -0.39 is 11.6 Å². The topological polar surface area (TPSA) is 26.0 Å². The van der Waals surface area contributed by atoms with E-state index in [1.54, 1.807) is 0 Å². The smallest absolute Gasteiger partial charge is 0.126 e. The number of benzene rings is 1. The Hall–Kier alpha value is -0.960. The van der Waals surface area contributed by atoms with E-state index in [2.05, 4.69) is 13.8 Å². The molecule has 0 spiro atoms. The average molecular weight is 267 g/mol. The van der Waals surface area contributed by atoms with Crippen LogP contribution in [0.5, 0.6) is 0 Å². The van der Waals surface area contributed by atoms with Crippen LogP contribution in [-0.2, 0) is 0 Å². The molecule has 1 aliphatic carbocycles. The molecule has 0 saturated heterocycles. The lowest BCUT2D eigenvalue weighted by molar-refractivity contribution is 0.203.